The summed E-state index contributed by atoms with van der Waals surface area (Å²) < 4.78 is 1.26. The van der Waals surface area contributed by atoms with Crippen LogP contribution in [0.1, 0.15) is 11.1 Å². The Morgan fingerprint density at radius 3 is 2.53 bits per heavy atom. The number of rotatable bonds is 3. The number of aromatic nitrogens is 1. The SMILES string of the molecule is N#Cc1ccc(Cn2cccc([N+](=O)[O-])c2=O)cc1. The Labute approximate surface area is 108 Å². The molecule has 0 bridgehead atoms. The van der Waals surface area contributed by atoms with Crippen LogP contribution in [0.2, 0.25) is 0 Å². The average Bonchev–Trinajstić information content (AvgIpc) is 2.41. The minimum absolute atomic E-state index is 0.228. The fraction of sp³-hybridized carbons (Fsp3) is 0.0769. The summed E-state index contributed by atoms with van der Waals surface area (Å²) in [5, 5.41) is 19.3. The number of hydrogen-bond donors (Lipinski definition) is 0. The standard InChI is InChI=1S/C13H9N3O3/c14-8-10-3-5-11(6-4-10)9-15-7-1-2-12(13(15)17)16(18)19/h1-7H,9H2. The van der Waals surface area contributed by atoms with Crippen molar-refractivity contribution in [2.75, 3.05) is 0 Å². The highest BCUT2D eigenvalue weighted by Crippen LogP contribution is 2.07. The Morgan fingerprint density at radius 2 is 1.95 bits per heavy atom. The molecule has 0 atom stereocenters. The van der Waals surface area contributed by atoms with Crippen LogP contribution >= 0.6 is 0 Å². The number of pyridine rings is 1. The Kier molecular flexibility index (Phi) is 3.39. The van der Waals surface area contributed by atoms with Gasteiger partial charge in [0.05, 0.1) is 23.1 Å². The molecule has 2 aromatic rings. The van der Waals surface area contributed by atoms with E-state index in [1.807, 2.05) is 6.07 Å². The van der Waals surface area contributed by atoms with Gasteiger partial charge in [0.25, 0.3) is 0 Å². The first-order valence-electron chi connectivity index (χ1n) is 5.44. The maximum atomic E-state index is 11.8. The molecule has 0 spiro atoms. The van der Waals surface area contributed by atoms with Crippen molar-refractivity contribution in [1.29, 1.82) is 5.26 Å². The average molecular weight is 255 g/mol. The summed E-state index contributed by atoms with van der Waals surface area (Å²) >= 11 is 0. The van der Waals surface area contributed by atoms with E-state index >= 15 is 0 Å². The normalized spacial score (nSPS) is 9.84. The zero-order valence-corrected chi connectivity index (χ0v) is 9.81. The van der Waals surface area contributed by atoms with Crippen molar-refractivity contribution < 1.29 is 4.92 Å². The van der Waals surface area contributed by atoms with E-state index in [0.717, 1.165) is 5.56 Å². The largest absolute Gasteiger partial charge is 0.334 e. The van der Waals surface area contributed by atoms with Gasteiger partial charge in [0.1, 0.15) is 0 Å². The van der Waals surface area contributed by atoms with Crippen LogP contribution < -0.4 is 5.56 Å². The van der Waals surface area contributed by atoms with Crippen LogP contribution in [0.3, 0.4) is 0 Å². The molecule has 19 heavy (non-hydrogen) atoms. The van der Waals surface area contributed by atoms with Crippen molar-refractivity contribution in [3.05, 3.63) is 74.2 Å². The van der Waals surface area contributed by atoms with E-state index in [1.165, 1.54) is 22.9 Å². The van der Waals surface area contributed by atoms with Crippen LogP contribution in [0.5, 0.6) is 0 Å². The first kappa shape index (κ1) is 12.5. The lowest BCUT2D eigenvalue weighted by molar-refractivity contribution is -0.386. The topological polar surface area (TPSA) is 88.9 Å². The maximum absolute atomic E-state index is 11.8. The molecular formula is C13H9N3O3. The van der Waals surface area contributed by atoms with E-state index in [-0.39, 0.29) is 6.54 Å². The molecule has 0 saturated carbocycles. The molecule has 6 nitrogen and oxygen atoms in total. The van der Waals surface area contributed by atoms with Crippen molar-refractivity contribution >= 4 is 5.69 Å². The number of nitriles is 1. The molecule has 0 aliphatic rings. The molecule has 1 aromatic carbocycles. The summed E-state index contributed by atoms with van der Waals surface area (Å²) in [7, 11) is 0. The number of nitro groups is 1. The molecule has 0 N–H and O–H groups in total. The molecule has 94 valence electrons. The summed E-state index contributed by atoms with van der Waals surface area (Å²) in [4.78, 5) is 21.8. The molecule has 0 aliphatic carbocycles. The monoisotopic (exact) mass is 255 g/mol. The summed E-state index contributed by atoms with van der Waals surface area (Å²) in [6.45, 7) is 0.228. The Balaban J connectivity index is 2.33. The third-order valence-electron chi connectivity index (χ3n) is 2.63. The van der Waals surface area contributed by atoms with Crippen molar-refractivity contribution in [3.8, 4) is 6.07 Å². The fourth-order valence-electron chi connectivity index (χ4n) is 1.67. The summed E-state index contributed by atoms with van der Waals surface area (Å²) in [6, 6.07) is 11.3. The fourth-order valence-corrected chi connectivity index (χ4v) is 1.67. The minimum atomic E-state index is -0.697. The van der Waals surface area contributed by atoms with Gasteiger partial charge in [-0.15, -0.1) is 0 Å². The minimum Gasteiger partial charge on any atom is -0.305 e. The van der Waals surface area contributed by atoms with Gasteiger partial charge >= 0.3 is 11.2 Å². The van der Waals surface area contributed by atoms with Crippen molar-refractivity contribution in [1.82, 2.24) is 4.57 Å². The summed E-state index contributed by atoms with van der Waals surface area (Å²) in [5.74, 6) is 0. The third kappa shape index (κ3) is 2.66. The highest BCUT2D eigenvalue weighted by molar-refractivity contribution is 5.32. The Hall–Kier alpha value is -2.94. The lowest BCUT2D eigenvalue weighted by atomic mass is 10.1. The lowest BCUT2D eigenvalue weighted by Gasteiger charge is -2.05. The predicted molar refractivity (Wildman–Crippen MR) is 67.6 cm³/mol. The van der Waals surface area contributed by atoms with Gasteiger partial charge in [-0.05, 0) is 23.8 Å². The van der Waals surface area contributed by atoms with Gasteiger partial charge < -0.3 is 4.57 Å². The van der Waals surface area contributed by atoms with E-state index in [2.05, 4.69) is 0 Å². The molecule has 2 rings (SSSR count). The molecule has 0 amide bonds. The zero-order valence-electron chi connectivity index (χ0n) is 9.81. The van der Waals surface area contributed by atoms with Crippen LogP contribution in [0.15, 0.2) is 47.4 Å². The van der Waals surface area contributed by atoms with Crippen molar-refractivity contribution in [2.24, 2.45) is 0 Å². The van der Waals surface area contributed by atoms with Gasteiger partial charge in [-0.25, -0.2) is 0 Å². The van der Waals surface area contributed by atoms with E-state index in [4.69, 9.17) is 5.26 Å². The quantitative estimate of drug-likeness (QED) is 0.616. The maximum Gasteiger partial charge on any atom is 0.334 e. The second kappa shape index (κ2) is 5.14. The van der Waals surface area contributed by atoms with E-state index < -0.39 is 16.2 Å². The van der Waals surface area contributed by atoms with Crippen LogP contribution in [-0.2, 0) is 6.54 Å². The van der Waals surface area contributed by atoms with Gasteiger partial charge in [0.15, 0.2) is 0 Å². The first-order valence-corrected chi connectivity index (χ1v) is 5.44. The molecule has 6 heteroatoms. The lowest BCUT2D eigenvalue weighted by Crippen LogP contribution is -2.22. The van der Waals surface area contributed by atoms with Crippen LogP contribution in [0.25, 0.3) is 0 Å². The molecule has 1 aromatic heterocycles. The molecule has 0 saturated heterocycles. The molecular weight excluding hydrogens is 246 g/mol. The van der Waals surface area contributed by atoms with Crippen LogP contribution in [-0.4, -0.2) is 9.49 Å². The summed E-state index contributed by atoms with van der Waals surface area (Å²) in [6.07, 6.45) is 1.49. The van der Waals surface area contributed by atoms with Crippen LogP contribution in [0, 0.1) is 21.4 Å². The smallest absolute Gasteiger partial charge is 0.305 e. The highest BCUT2D eigenvalue weighted by Gasteiger charge is 2.13. The van der Waals surface area contributed by atoms with Gasteiger partial charge in [-0.2, -0.15) is 5.26 Å². The number of nitrogens with zero attached hydrogens (tertiary/aromatic N) is 3. The second-order valence-corrected chi connectivity index (χ2v) is 3.89. The van der Waals surface area contributed by atoms with Gasteiger partial charge in [0.2, 0.25) is 0 Å². The number of benzene rings is 1. The predicted octanol–water partition coefficient (Wildman–Crippen LogP) is 1.68. The van der Waals surface area contributed by atoms with Gasteiger partial charge in [0, 0.05) is 12.3 Å². The van der Waals surface area contributed by atoms with Crippen molar-refractivity contribution in [2.45, 2.75) is 6.54 Å². The molecule has 1 heterocycles. The Morgan fingerprint density at radius 1 is 1.26 bits per heavy atom. The Bertz CT molecular complexity index is 711. The molecule has 0 unspecified atom stereocenters. The van der Waals surface area contributed by atoms with Crippen LogP contribution in [0.4, 0.5) is 5.69 Å². The van der Waals surface area contributed by atoms with E-state index in [1.54, 1.807) is 24.3 Å². The van der Waals surface area contributed by atoms with E-state index in [0.29, 0.717) is 5.56 Å². The van der Waals surface area contributed by atoms with Gasteiger partial charge in [-0.1, -0.05) is 12.1 Å². The second-order valence-electron chi connectivity index (χ2n) is 3.89. The first-order chi connectivity index (χ1) is 9.11. The van der Waals surface area contributed by atoms with E-state index in [9.17, 15) is 14.9 Å². The molecule has 0 fully saturated rings. The highest BCUT2D eigenvalue weighted by atomic mass is 16.6. The zero-order chi connectivity index (χ0) is 13.8. The summed E-state index contributed by atoms with van der Waals surface area (Å²) in [5.41, 5.74) is 0.227. The van der Waals surface area contributed by atoms with Crippen molar-refractivity contribution in [3.63, 3.8) is 0 Å². The van der Waals surface area contributed by atoms with Gasteiger partial charge in [-0.3, -0.25) is 14.9 Å². The molecule has 0 radical (unpaired) electrons. The number of hydrogen-bond acceptors (Lipinski definition) is 4. The molecule has 0 aliphatic heterocycles. The third-order valence-corrected chi connectivity index (χ3v) is 2.63.